The normalized spacial score (nSPS) is 49.6. The fraction of sp³-hybridized carbons (Fsp3) is 0.929. The highest BCUT2D eigenvalue weighted by molar-refractivity contribution is 5.40. The van der Waals surface area contributed by atoms with Crippen LogP contribution in [-0.2, 0) is 0 Å². The summed E-state index contributed by atoms with van der Waals surface area (Å²) in [6.07, 6.45) is 10.9. The second kappa shape index (κ2) is 7.34. The second-order valence-corrected chi connectivity index (χ2v) is 13.1. The standard InChI is InChI=1S/C28H48O2/c1-18(2)8-9-19(3)26(5)14-15-27(6)22-17-24(30)23-16-20(29)10-12-25(23,4)21(22)11-13-28(26,27)7/h18-20,23-24,29-30H,8-17H2,1-7H3. The summed E-state index contributed by atoms with van der Waals surface area (Å²) in [5.74, 6) is 1.77. The summed E-state index contributed by atoms with van der Waals surface area (Å²) >= 11 is 0. The van der Waals surface area contributed by atoms with Gasteiger partial charge in [0.05, 0.1) is 12.2 Å². The molecule has 4 aliphatic carbocycles. The monoisotopic (exact) mass is 416 g/mol. The lowest BCUT2D eigenvalue weighted by Gasteiger charge is -2.62. The molecule has 0 radical (unpaired) electrons. The lowest BCUT2D eigenvalue weighted by molar-refractivity contribution is -0.0749. The van der Waals surface area contributed by atoms with Crippen LogP contribution in [0.15, 0.2) is 11.1 Å². The van der Waals surface area contributed by atoms with E-state index in [4.69, 9.17) is 0 Å². The molecule has 2 nitrogen and oxygen atoms in total. The van der Waals surface area contributed by atoms with Gasteiger partial charge in [-0.1, -0.05) is 66.0 Å². The quantitative estimate of drug-likeness (QED) is 0.490. The van der Waals surface area contributed by atoms with E-state index in [9.17, 15) is 10.2 Å². The number of allylic oxidation sites excluding steroid dienone is 1. The summed E-state index contributed by atoms with van der Waals surface area (Å²) < 4.78 is 0. The summed E-state index contributed by atoms with van der Waals surface area (Å²) in [4.78, 5) is 0. The Morgan fingerprint density at radius 2 is 1.60 bits per heavy atom. The van der Waals surface area contributed by atoms with Gasteiger partial charge in [-0.3, -0.25) is 0 Å². The number of fused-ring (bicyclic) bond motifs is 4. The van der Waals surface area contributed by atoms with E-state index >= 15 is 0 Å². The molecule has 0 spiro atoms. The minimum atomic E-state index is -0.284. The first-order valence-corrected chi connectivity index (χ1v) is 13.0. The third kappa shape index (κ3) is 2.95. The summed E-state index contributed by atoms with van der Waals surface area (Å²) in [7, 11) is 0. The van der Waals surface area contributed by atoms with E-state index in [1.807, 2.05) is 0 Å². The van der Waals surface area contributed by atoms with Crippen LogP contribution in [0.4, 0.5) is 0 Å². The van der Waals surface area contributed by atoms with E-state index in [0.717, 1.165) is 37.5 Å². The molecule has 8 unspecified atom stereocenters. The number of aliphatic hydroxyl groups excluding tert-OH is 2. The van der Waals surface area contributed by atoms with Crippen molar-refractivity contribution in [2.75, 3.05) is 0 Å². The molecule has 0 aromatic rings. The van der Waals surface area contributed by atoms with Gasteiger partial charge in [-0.2, -0.15) is 0 Å². The van der Waals surface area contributed by atoms with Gasteiger partial charge in [0.25, 0.3) is 0 Å². The average molecular weight is 417 g/mol. The zero-order valence-electron chi connectivity index (χ0n) is 20.9. The predicted molar refractivity (Wildman–Crippen MR) is 125 cm³/mol. The number of hydrogen-bond donors (Lipinski definition) is 2. The molecule has 0 bridgehead atoms. The van der Waals surface area contributed by atoms with Crippen LogP contribution in [0.3, 0.4) is 0 Å². The van der Waals surface area contributed by atoms with E-state index in [2.05, 4.69) is 48.5 Å². The molecule has 0 saturated heterocycles. The van der Waals surface area contributed by atoms with Crippen molar-refractivity contribution in [3.8, 4) is 0 Å². The topological polar surface area (TPSA) is 40.5 Å². The van der Waals surface area contributed by atoms with Crippen LogP contribution in [0.5, 0.6) is 0 Å². The Labute approximate surface area is 185 Å². The fourth-order valence-electron chi connectivity index (χ4n) is 8.90. The molecular formula is C28H48O2. The van der Waals surface area contributed by atoms with Gasteiger partial charge in [0, 0.05) is 0 Å². The predicted octanol–water partition coefficient (Wildman–Crippen LogP) is 6.89. The van der Waals surface area contributed by atoms with E-state index in [0.29, 0.717) is 10.8 Å². The molecule has 2 N–H and O–H groups in total. The van der Waals surface area contributed by atoms with E-state index in [1.54, 1.807) is 11.1 Å². The van der Waals surface area contributed by atoms with Crippen LogP contribution in [0.25, 0.3) is 0 Å². The first-order chi connectivity index (χ1) is 13.9. The molecule has 30 heavy (non-hydrogen) atoms. The first-order valence-electron chi connectivity index (χ1n) is 13.0. The van der Waals surface area contributed by atoms with E-state index < -0.39 is 0 Å². The fourth-order valence-corrected chi connectivity index (χ4v) is 8.90. The molecular weight excluding hydrogens is 368 g/mol. The van der Waals surface area contributed by atoms with Gasteiger partial charge in [0.2, 0.25) is 0 Å². The molecule has 8 atom stereocenters. The summed E-state index contributed by atoms with van der Waals surface area (Å²) in [6.45, 7) is 17.4. The average Bonchev–Trinajstić information content (AvgIpc) is 2.90. The molecule has 0 aromatic heterocycles. The van der Waals surface area contributed by atoms with Crippen LogP contribution in [0, 0.1) is 39.4 Å². The van der Waals surface area contributed by atoms with Crippen LogP contribution in [-0.4, -0.2) is 22.4 Å². The van der Waals surface area contributed by atoms with Crippen LogP contribution >= 0.6 is 0 Å². The van der Waals surface area contributed by atoms with E-state index in [-0.39, 0.29) is 29.0 Å². The first kappa shape index (κ1) is 22.8. The Morgan fingerprint density at radius 1 is 0.900 bits per heavy atom. The highest BCUT2D eigenvalue weighted by Crippen LogP contribution is 2.75. The Balaban J connectivity index is 1.72. The highest BCUT2D eigenvalue weighted by Gasteiger charge is 2.66. The van der Waals surface area contributed by atoms with Gasteiger partial charge in [0.15, 0.2) is 0 Å². The van der Waals surface area contributed by atoms with Gasteiger partial charge in [0.1, 0.15) is 0 Å². The maximum absolute atomic E-state index is 11.3. The molecule has 0 amide bonds. The molecule has 0 aromatic carbocycles. The van der Waals surface area contributed by atoms with Crippen molar-refractivity contribution >= 4 is 0 Å². The number of aliphatic hydroxyl groups is 2. The maximum atomic E-state index is 11.3. The molecule has 0 heterocycles. The van der Waals surface area contributed by atoms with Crippen molar-refractivity contribution in [2.45, 2.75) is 125 Å². The zero-order chi connectivity index (χ0) is 22.1. The summed E-state index contributed by atoms with van der Waals surface area (Å²) in [6, 6.07) is 0. The second-order valence-electron chi connectivity index (χ2n) is 13.1. The van der Waals surface area contributed by atoms with Gasteiger partial charge >= 0.3 is 0 Å². The summed E-state index contributed by atoms with van der Waals surface area (Å²) in [5, 5.41) is 21.6. The van der Waals surface area contributed by atoms with Gasteiger partial charge in [-0.15, -0.1) is 0 Å². The minimum Gasteiger partial charge on any atom is -0.393 e. The Kier molecular flexibility index (Phi) is 5.59. The van der Waals surface area contributed by atoms with E-state index in [1.165, 1.54) is 38.5 Å². The molecule has 2 saturated carbocycles. The Morgan fingerprint density at radius 3 is 2.27 bits per heavy atom. The Bertz CT molecular complexity index is 709. The maximum Gasteiger partial charge on any atom is 0.0615 e. The van der Waals surface area contributed by atoms with Crippen molar-refractivity contribution in [1.29, 1.82) is 0 Å². The summed E-state index contributed by atoms with van der Waals surface area (Å²) in [5.41, 5.74) is 4.33. The van der Waals surface area contributed by atoms with Crippen LogP contribution < -0.4 is 0 Å². The van der Waals surface area contributed by atoms with Gasteiger partial charge in [-0.05, 0) is 97.2 Å². The number of rotatable bonds is 4. The van der Waals surface area contributed by atoms with Gasteiger partial charge < -0.3 is 10.2 Å². The SMILES string of the molecule is CC(C)CCC(C)C1(C)CCC2(C)C3=C(CCC21C)C1(C)CCC(O)CC1C(O)C3. The molecule has 2 heteroatoms. The molecule has 4 rings (SSSR count). The third-order valence-electron chi connectivity index (χ3n) is 11.7. The molecule has 0 aliphatic heterocycles. The third-order valence-corrected chi connectivity index (χ3v) is 11.7. The van der Waals surface area contributed by atoms with Crippen LogP contribution in [0.1, 0.15) is 113 Å². The van der Waals surface area contributed by atoms with Crippen LogP contribution in [0.2, 0.25) is 0 Å². The zero-order valence-corrected chi connectivity index (χ0v) is 20.9. The lowest BCUT2D eigenvalue weighted by atomic mass is 9.43. The van der Waals surface area contributed by atoms with Crippen molar-refractivity contribution in [3.63, 3.8) is 0 Å². The highest BCUT2D eigenvalue weighted by atomic mass is 16.3. The number of hydrogen-bond acceptors (Lipinski definition) is 2. The van der Waals surface area contributed by atoms with Crippen molar-refractivity contribution in [3.05, 3.63) is 11.1 Å². The van der Waals surface area contributed by atoms with Gasteiger partial charge in [-0.25, -0.2) is 0 Å². The molecule has 2 fully saturated rings. The van der Waals surface area contributed by atoms with Crippen molar-refractivity contribution < 1.29 is 10.2 Å². The largest absolute Gasteiger partial charge is 0.393 e. The lowest BCUT2D eigenvalue weighted by Crippen LogP contribution is -2.55. The van der Waals surface area contributed by atoms with Crippen molar-refractivity contribution in [1.82, 2.24) is 0 Å². The molecule has 172 valence electrons. The minimum absolute atomic E-state index is 0.0961. The smallest absolute Gasteiger partial charge is 0.0615 e. The molecule has 4 aliphatic rings. The van der Waals surface area contributed by atoms with Crippen molar-refractivity contribution in [2.24, 2.45) is 39.4 Å². The Hall–Kier alpha value is -0.340.